The van der Waals surface area contributed by atoms with Crippen molar-refractivity contribution in [2.75, 3.05) is 11.4 Å². The highest BCUT2D eigenvalue weighted by atomic mass is 16.2. The molecular weight excluding hydrogens is 358 g/mol. The molecule has 1 N–H and O–H groups in total. The van der Waals surface area contributed by atoms with Gasteiger partial charge in [0.05, 0.1) is 6.21 Å². The van der Waals surface area contributed by atoms with Crippen molar-refractivity contribution in [1.29, 1.82) is 0 Å². The highest BCUT2D eigenvalue weighted by Crippen LogP contribution is 2.43. The Morgan fingerprint density at radius 3 is 2.69 bits per heavy atom. The largest absolute Gasteiger partial charge is 0.366 e. The van der Waals surface area contributed by atoms with Crippen LogP contribution in [-0.4, -0.2) is 24.2 Å². The summed E-state index contributed by atoms with van der Waals surface area (Å²) in [5.41, 5.74) is 8.94. The summed E-state index contributed by atoms with van der Waals surface area (Å²) in [7, 11) is 0. The molecule has 4 nitrogen and oxygen atoms in total. The van der Waals surface area contributed by atoms with E-state index in [1.165, 1.54) is 16.8 Å². The van der Waals surface area contributed by atoms with Gasteiger partial charge >= 0.3 is 0 Å². The molecule has 1 unspecified atom stereocenters. The van der Waals surface area contributed by atoms with Crippen molar-refractivity contribution in [2.24, 2.45) is 5.10 Å². The van der Waals surface area contributed by atoms with Crippen molar-refractivity contribution in [3.8, 4) is 0 Å². The fraction of sp³-hybridized carbons (Fsp3) is 0.440. The summed E-state index contributed by atoms with van der Waals surface area (Å²) in [6.07, 6.45) is 4.06. The van der Waals surface area contributed by atoms with E-state index in [1.807, 2.05) is 30.3 Å². The Kier molecular flexibility index (Phi) is 6.41. The third-order valence-corrected chi connectivity index (χ3v) is 5.97. The second-order valence-electron chi connectivity index (χ2n) is 8.71. The smallest absolute Gasteiger partial charge is 0.240 e. The average Bonchev–Trinajstić information content (AvgIpc) is 2.68. The predicted octanol–water partition coefficient (Wildman–Crippen LogP) is 5.19. The van der Waals surface area contributed by atoms with Crippen LogP contribution in [0.5, 0.6) is 0 Å². The fourth-order valence-electron chi connectivity index (χ4n) is 4.52. The zero-order chi connectivity index (χ0) is 21.0. The molecule has 154 valence electrons. The van der Waals surface area contributed by atoms with Crippen molar-refractivity contribution in [2.45, 2.75) is 65.3 Å². The van der Waals surface area contributed by atoms with E-state index in [1.54, 1.807) is 6.21 Å². The number of hydrogen-bond donors (Lipinski definition) is 1. The van der Waals surface area contributed by atoms with E-state index in [0.29, 0.717) is 12.3 Å². The van der Waals surface area contributed by atoms with Crippen molar-refractivity contribution < 1.29 is 4.79 Å². The van der Waals surface area contributed by atoms with Gasteiger partial charge in [-0.05, 0) is 80.8 Å². The van der Waals surface area contributed by atoms with Crippen LogP contribution in [0.2, 0.25) is 0 Å². The summed E-state index contributed by atoms with van der Waals surface area (Å²) in [6.45, 7) is 12.3. The van der Waals surface area contributed by atoms with Crippen LogP contribution in [0, 0.1) is 6.92 Å². The first-order valence-electron chi connectivity index (χ1n) is 10.6. The summed E-state index contributed by atoms with van der Waals surface area (Å²) >= 11 is 0. The topological polar surface area (TPSA) is 44.7 Å². The molecule has 1 aliphatic rings. The summed E-state index contributed by atoms with van der Waals surface area (Å²) in [5, 5.41) is 4.22. The molecule has 0 saturated carbocycles. The van der Waals surface area contributed by atoms with Gasteiger partial charge in [-0.1, -0.05) is 37.3 Å². The van der Waals surface area contributed by atoms with Crippen LogP contribution >= 0.6 is 0 Å². The summed E-state index contributed by atoms with van der Waals surface area (Å²) < 4.78 is 0. The van der Waals surface area contributed by atoms with Gasteiger partial charge in [0, 0.05) is 24.2 Å². The highest BCUT2D eigenvalue weighted by Gasteiger charge is 2.35. The Labute approximate surface area is 175 Å². The molecule has 1 atom stereocenters. The second kappa shape index (κ2) is 8.81. The number of hydrazone groups is 1. The third-order valence-electron chi connectivity index (χ3n) is 5.97. The molecule has 0 radical (unpaired) electrons. The number of fused-ring (bicyclic) bond motifs is 1. The zero-order valence-electron chi connectivity index (χ0n) is 18.3. The summed E-state index contributed by atoms with van der Waals surface area (Å²) in [5.74, 6) is 0.434. The maximum atomic E-state index is 12.1. The van der Waals surface area contributed by atoms with Gasteiger partial charge in [-0.2, -0.15) is 5.10 Å². The lowest BCUT2D eigenvalue weighted by molar-refractivity contribution is -0.121. The number of anilines is 1. The standard InChI is InChI=1S/C25H33N3O/c1-6-28-23-14-18(2)21(15-22(23)19(3)16-25(28,4)5)17-26-27-24(29)13-12-20-10-8-7-9-11-20/h7-11,14-15,17,19H,6,12-13,16H2,1-5H3,(H,27,29)/b26-17+. The van der Waals surface area contributed by atoms with Crippen LogP contribution in [0.3, 0.4) is 0 Å². The maximum absolute atomic E-state index is 12.1. The average molecular weight is 392 g/mol. The van der Waals surface area contributed by atoms with Gasteiger partial charge in [-0.3, -0.25) is 4.79 Å². The Morgan fingerprint density at radius 2 is 2.00 bits per heavy atom. The Balaban J connectivity index is 1.69. The third kappa shape index (κ3) is 4.87. The van der Waals surface area contributed by atoms with Crippen LogP contribution in [0.1, 0.15) is 68.7 Å². The monoisotopic (exact) mass is 391 g/mol. The molecule has 0 aliphatic carbocycles. The van der Waals surface area contributed by atoms with Gasteiger partial charge in [0.1, 0.15) is 0 Å². The number of carbonyl (C=O) groups is 1. The first kappa shape index (κ1) is 21.1. The number of rotatable bonds is 6. The van der Waals surface area contributed by atoms with E-state index in [-0.39, 0.29) is 11.4 Å². The number of nitrogens with zero attached hydrogens (tertiary/aromatic N) is 2. The van der Waals surface area contributed by atoms with Gasteiger partial charge in [-0.15, -0.1) is 0 Å². The van der Waals surface area contributed by atoms with E-state index in [4.69, 9.17) is 0 Å². The molecule has 3 rings (SSSR count). The molecule has 29 heavy (non-hydrogen) atoms. The predicted molar refractivity (Wildman–Crippen MR) is 122 cm³/mol. The van der Waals surface area contributed by atoms with Crippen molar-refractivity contribution in [1.82, 2.24) is 5.43 Å². The number of nitrogens with one attached hydrogen (secondary N) is 1. The summed E-state index contributed by atoms with van der Waals surface area (Å²) in [6, 6.07) is 14.6. The lowest BCUT2D eigenvalue weighted by Gasteiger charge is -2.47. The van der Waals surface area contributed by atoms with Crippen LogP contribution in [0.25, 0.3) is 0 Å². The molecule has 1 aliphatic heterocycles. The maximum Gasteiger partial charge on any atom is 0.240 e. The Morgan fingerprint density at radius 1 is 1.28 bits per heavy atom. The minimum absolute atomic E-state index is 0.0620. The second-order valence-corrected chi connectivity index (χ2v) is 8.71. The number of benzene rings is 2. The first-order valence-corrected chi connectivity index (χ1v) is 10.6. The van der Waals surface area contributed by atoms with Gasteiger partial charge < -0.3 is 4.90 Å². The van der Waals surface area contributed by atoms with Crippen LogP contribution in [0.15, 0.2) is 47.6 Å². The van der Waals surface area contributed by atoms with E-state index < -0.39 is 0 Å². The quantitative estimate of drug-likeness (QED) is 0.544. The molecule has 0 saturated heterocycles. The fourth-order valence-corrected chi connectivity index (χ4v) is 4.52. The minimum atomic E-state index is -0.0620. The van der Waals surface area contributed by atoms with E-state index in [0.717, 1.165) is 30.5 Å². The number of aryl methyl sites for hydroxylation is 2. The molecule has 0 spiro atoms. The van der Waals surface area contributed by atoms with Crippen LogP contribution < -0.4 is 10.3 Å². The number of carbonyl (C=O) groups excluding carboxylic acids is 1. The van der Waals surface area contributed by atoms with Gasteiger partial charge in [0.15, 0.2) is 0 Å². The molecule has 2 aromatic rings. The molecule has 4 heteroatoms. The SMILES string of the molecule is CCN1c2cc(C)c(/C=N/NC(=O)CCc3ccccc3)cc2C(C)CC1(C)C. The van der Waals surface area contributed by atoms with Crippen LogP contribution in [0.4, 0.5) is 5.69 Å². The molecule has 0 bridgehead atoms. The Bertz CT molecular complexity index is 886. The normalized spacial score (nSPS) is 18.0. The first-order chi connectivity index (χ1) is 13.8. The van der Waals surface area contributed by atoms with Gasteiger partial charge in [-0.25, -0.2) is 5.43 Å². The zero-order valence-corrected chi connectivity index (χ0v) is 18.3. The van der Waals surface area contributed by atoms with Crippen molar-refractivity contribution in [3.63, 3.8) is 0 Å². The van der Waals surface area contributed by atoms with Crippen molar-refractivity contribution in [3.05, 3.63) is 64.7 Å². The summed E-state index contributed by atoms with van der Waals surface area (Å²) in [4.78, 5) is 14.6. The van der Waals surface area contributed by atoms with E-state index >= 15 is 0 Å². The van der Waals surface area contributed by atoms with Gasteiger partial charge in [0.25, 0.3) is 0 Å². The molecule has 2 aromatic carbocycles. The minimum Gasteiger partial charge on any atom is -0.366 e. The van der Waals surface area contributed by atoms with E-state index in [2.05, 4.69) is 62.2 Å². The molecular formula is C25H33N3O. The molecule has 0 aromatic heterocycles. The van der Waals surface area contributed by atoms with Crippen LogP contribution in [-0.2, 0) is 11.2 Å². The number of amides is 1. The van der Waals surface area contributed by atoms with E-state index in [9.17, 15) is 4.79 Å². The lowest BCUT2D eigenvalue weighted by Crippen LogP contribution is -2.48. The Hall–Kier alpha value is -2.62. The number of hydrogen-bond acceptors (Lipinski definition) is 3. The molecule has 1 amide bonds. The lowest BCUT2D eigenvalue weighted by atomic mass is 9.79. The molecule has 0 fully saturated rings. The molecule has 1 heterocycles. The highest BCUT2D eigenvalue weighted by molar-refractivity contribution is 5.85. The van der Waals surface area contributed by atoms with Crippen molar-refractivity contribution >= 4 is 17.8 Å². The van der Waals surface area contributed by atoms with Gasteiger partial charge in [0.2, 0.25) is 5.91 Å².